The molecule has 3 aliphatic rings. The number of carbonyl (C=O) groups excluding carboxylic acids is 8. The van der Waals surface area contributed by atoms with Gasteiger partial charge >= 0.3 is 6.09 Å². The van der Waals surface area contributed by atoms with E-state index in [0.717, 1.165) is 18.4 Å². The lowest BCUT2D eigenvalue weighted by Gasteiger charge is -2.39. The molecule has 2 saturated heterocycles. The molecule has 7 amide bonds. The van der Waals surface area contributed by atoms with Crippen molar-refractivity contribution in [1.82, 2.24) is 35.0 Å². The van der Waals surface area contributed by atoms with Crippen molar-refractivity contribution in [2.75, 3.05) is 61.5 Å². The van der Waals surface area contributed by atoms with Crippen LogP contribution in [-0.4, -0.2) is 170 Å². The fourth-order valence-corrected chi connectivity index (χ4v) is 10.2. The molecule has 8 unspecified atom stereocenters. The smallest absolute Gasteiger partial charge is 0.410 e. The Labute approximate surface area is 438 Å². The SMILES string of the molecule is CCC.CCC(C)C(C(CC(=O)N1CCCC1C(OC)C(C)C(=O)NC(Cc1ccc(OC(=O)N2CCC(C(=O)S)CC2)cc1)C(=O)NSC1CC1)OC)N(C)C(=O)CNC(=O)C(C(C)C)N(C)C.NC=O. The zero-order valence-electron chi connectivity index (χ0n) is 44.8. The molecular weight excluding hydrogens is 965 g/mol. The number of likely N-dealkylation sites (tertiary alicyclic amines) is 2. The van der Waals surface area contributed by atoms with E-state index in [1.54, 1.807) is 52.9 Å². The van der Waals surface area contributed by atoms with Gasteiger partial charge in [-0.2, -0.15) is 0 Å². The number of ether oxygens (including phenoxy) is 3. The molecule has 2 aliphatic heterocycles. The molecule has 0 radical (unpaired) electrons. The van der Waals surface area contributed by atoms with Crippen LogP contribution in [0, 0.1) is 23.7 Å². The minimum atomic E-state index is -0.938. The largest absolute Gasteiger partial charge is 0.415 e. The fraction of sp³-hybridized carbons (Fsp3) is 0.725. The van der Waals surface area contributed by atoms with E-state index in [0.29, 0.717) is 62.7 Å². The number of piperidine rings is 1. The first-order valence-electron chi connectivity index (χ1n) is 25.4. The summed E-state index contributed by atoms with van der Waals surface area (Å²) in [4.78, 5) is 108. The van der Waals surface area contributed by atoms with Crippen LogP contribution in [-0.2, 0) is 49.5 Å². The number of thiol groups is 1. The maximum absolute atomic E-state index is 14.3. The zero-order chi connectivity index (χ0) is 54.2. The molecule has 4 rings (SSSR count). The molecule has 0 aromatic heterocycles. The summed E-state index contributed by atoms with van der Waals surface area (Å²) in [6.45, 7) is 15.0. The lowest BCUT2D eigenvalue weighted by atomic mass is 9.90. The van der Waals surface area contributed by atoms with Gasteiger partial charge in [-0.3, -0.25) is 43.2 Å². The summed E-state index contributed by atoms with van der Waals surface area (Å²) in [5.41, 5.74) is 4.90. The van der Waals surface area contributed by atoms with E-state index in [9.17, 15) is 33.6 Å². The first kappa shape index (κ1) is 63.7. The summed E-state index contributed by atoms with van der Waals surface area (Å²) in [5, 5.41) is 5.94. The van der Waals surface area contributed by atoms with Crippen LogP contribution in [0.3, 0.4) is 0 Å². The van der Waals surface area contributed by atoms with Gasteiger partial charge < -0.3 is 45.3 Å². The molecule has 3 fully saturated rings. The minimum absolute atomic E-state index is 0.0187. The third kappa shape index (κ3) is 20.1. The highest BCUT2D eigenvalue weighted by Crippen LogP contribution is 2.32. The Bertz CT molecular complexity index is 1880. The molecule has 1 aromatic carbocycles. The number of hydrogen-bond donors (Lipinski definition) is 5. The van der Waals surface area contributed by atoms with E-state index in [1.165, 1.54) is 32.6 Å². The van der Waals surface area contributed by atoms with Crippen molar-refractivity contribution in [3.63, 3.8) is 0 Å². The summed E-state index contributed by atoms with van der Waals surface area (Å²) in [5.74, 6) is -2.08. The summed E-state index contributed by atoms with van der Waals surface area (Å²) < 4.78 is 20.5. The van der Waals surface area contributed by atoms with Crippen LogP contribution < -0.4 is 25.8 Å². The summed E-state index contributed by atoms with van der Waals surface area (Å²) in [6.07, 6.45) is 4.86. The van der Waals surface area contributed by atoms with Crippen molar-refractivity contribution in [2.24, 2.45) is 29.4 Å². The number of benzene rings is 1. The quantitative estimate of drug-likeness (QED) is 0.0548. The number of nitrogens with zero attached hydrogens (tertiary/aromatic N) is 4. The van der Waals surface area contributed by atoms with Gasteiger partial charge in [0.1, 0.15) is 11.8 Å². The Morgan fingerprint density at radius 2 is 1.47 bits per heavy atom. The van der Waals surface area contributed by atoms with Crippen molar-refractivity contribution in [2.45, 2.75) is 154 Å². The second kappa shape index (κ2) is 32.7. The van der Waals surface area contributed by atoms with Gasteiger partial charge in [0.25, 0.3) is 5.91 Å². The highest BCUT2D eigenvalue weighted by molar-refractivity contribution is 7.98. The summed E-state index contributed by atoms with van der Waals surface area (Å²) in [7, 11) is 8.39. The maximum atomic E-state index is 14.3. The van der Waals surface area contributed by atoms with E-state index in [4.69, 9.17) is 19.0 Å². The minimum Gasteiger partial charge on any atom is -0.410 e. The average Bonchev–Trinajstić information content (AvgIpc) is 4.06. The van der Waals surface area contributed by atoms with E-state index >= 15 is 0 Å². The number of primary amides is 1. The van der Waals surface area contributed by atoms with Crippen LogP contribution in [0.25, 0.3) is 0 Å². The van der Waals surface area contributed by atoms with E-state index in [2.05, 4.69) is 47.6 Å². The normalized spacial score (nSPS) is 18.6. The lowest BCUT2D eigenvalue weighted by molar-refractivity contribution is -0.146. The number of nitrogens with two attached hydrogens (primary N) is 1. The number of hydrogen-bond acceptors (Lipinski definition) is 13. The molecule has 19 nitrogen and oxygen atoms in total. The number of amides is 7. The first-order valence-corrected chi connectivity index (χ1v) is 26.7. The van der Waals surface area contributed by atoms with Crippen LogP contribution in [0.4, 0.5) is 4.79 Å². The Kier molecular flexibility index (Phi) is 28.9. The molecule has 1 saturated carbocycles. The predicted molar refractivity (Wildman–Crippen MR) is 283 cm³/mol. The van der Waals surface area contributed by atoms with Crippen LogP contribution >= 0.6 is 24.6 Å². The summed E-state index contributed by atoms with van der Waals surface area (Å²) >= 11 is 5.28. The van der Waals surface area contributed by atoms with Crippen molar-refractivity contribution < 1.29 is 52.6 Å². The van der Waals surface area contributed by atoms with Crippen molar-refractivity contribution >= 4 is 71.7 Å². The molecule has 8 atom stereocenters. The van der Waals surface area contributed by atoms with E-state index < -0.39 is 54.3 Å². The van der Waals surface area contributed by atoms with Crippen LogP contribution in [0.2, 0.25) is 0 Å². The Hall–Kier alpha value is -4.44. The Morgan fingerprint density at radius 3 is 1.97 bits per heavy atom. The maximum Gasteiger partial charge on any atom is 0.415 e. The number of nitrogens with one attached hydrogen (secondary N) is 3. The molecule has 72 heavy (non-hydrogen) atoms. The monoisotopic (exact) mass is 1050 g/mol. The highest BCUT2D eigenvalue weighted by atomic mass is 32.2. The second-order valence-electron chi connectivity index (χ2n) is 19.5. The second-order valence-corrected chi connectivity index (χ2v) is 21.1. The Morgan fingerprint density at radius 1 is 0.875 bits per heavy atom. The van der Waals surface area contributed by atoms with Gasteiger partial charge in [-0.05, 0) is 94.1 Å². The number of likely N-dealkylation sites (N-methyl/N-ethyl adjacent to an activating group) is 2. The number of methoxy groups -OCH3 is 2. The van der Waals surface area contributed by atoms with Crippen molar-refractivity contribution in [1.29, 1.82) is 0 Å². The molecule has 408 valence electrons. The van der Waals surface area contributed by atoms with Crippen molar-refractivity contribution in [3.8, 4) is 5.75 Å². The molecular formula is C51H86N8O11S2. The van der Waals surface area contributed by atoms with Gasteiger partial charge in [-0.25, -0.2) is 4.79 Å². The first-order chi connectivity index (χ1) is 34.1. The molecule has 0 bridgehead atoms. The lowest BCUT2D eigenvalue weighted by Crippen LogP contribution is -2.55. The molecule has 2 heterocycles. The highest BCUT2D eigenvalue weighted by Gasteiger charge is 2.43. The number of carbonyl (C=O) groups is 8. The molecule has 1 aromatic rings. The third-order valence-corrected chi connectivity index (χ3v) is 14.8. The molecule has 1 aliphatic carbocycles. The third-order valence-electron chi connectivity index (χ3n) is 13.3. The van der Waals surface area contributed by atoms with Gasteiger partial charge in [0.2, 0.25) is 30.0 Å². The fourth-order valence-electron chi connectivity index (χ4n) is 9.17. The zero-order valence-corrected chi connectivity index (χ0v) is 46.6. The van der Waals surface area contributed by atoms with Gasteiger partial charge in [0.15, 0.2) is 5.12 Å². The number of rotatable bonds is 24. The van der Waals surface area contributed by atoms with E-state index in [1.807, 2.05) is 46.7 Å². The van der Waals surface area contributed by atoms with Crippen LogP contribution in [0.1, 0.15) is 112 Å². The van der Waals surface area contributed by atoms with Crippen molar-refractivity contribution in [3.05, 3.63) is 29.8 Å². The summed E-state index contributed by atoms with van der Waals surface area (Å²) in [6, 6.07) is 4.54. The standard InChI is InChI=1S/C47H75N7O10S2.C3H8.CH3NO/c1-11-29(4)41(52(8)39(56)27-48-45(59)40(28(2)3)51(6)7)37(62-9)26-38(55)54-22-12-13-36(54)42(63-10)30(5)43(57)49-35(44(58)50-66-34-18-19-34)25-31-14-16-33(17-15-31)64-47(61)53-23-20-32(21-24-53)46(60)65;1-3-2;2-1-3/h14-17,28-30,32,34-37,40-42H,11-13,18-27H2,1-10H3,(H,48,59)(H,49,57)(H,50,58)(H,60,65);3H2,1-2H3;1H,(H2,2,3). The van der Waals surface area contributed by atoms with Gasteiger partial charge in [0.05, 0.1) is 49.2 Å². The topological polar surface area (TPSA) is 239 Å². The molecule has 21 heteroatoms. The Balaban J connectivity index is 0.00000281. The van der Waals surface area contributed by atoms with Gasteiger partial charge in [0, 0.05) is 58.5 Å². The van der Waals surface area contributed by atoms with Gasteiger partial charge in [-0.15, -0.1) is 12.6 Å². The molecule has 0 spiro atoms. The van der Waals surface area contributed by atoms with E-state index in [-0.39, 0.29) is 72.3 Å². The van der Waals surface area contributed by atoms with Gasteiger partial charge in [-0.1, -0.05) is 73.4 Å². The predicted octanol–water partition coefficient (Wildman–Crippen LogP) is 4.45. The van der Waals surface area contributed by atoms with Crippen LogP contribution in [0.5, 0.6) is 5.75 Å². The average molecular weight is 1050 g/mol. The molecule has 5 N–H and O–H groups in total. The van der Waals surface area contributed by atoms with Crippen LogP contribution in [0.15, 0.2) is 24.3 Å².